The minimum Gasteiger partial charge on any atom is -0.320 e. The summed E-state index contributed by atoms with van der Waals surface area (Å²) in [4.78, 5) is 11.8. The van der Waals surface area contributed by atoms with E-state index in [4.69, 9.17) is 11.6 Å². The van der Waals surface area contributed by atoms with Crippen LogP contribution in [0.2, 0.25) is 5.02 Å². The van der Waals surface area contributed by atoms with Crippen LogP contribution >= 0.6 is 11.6 Å². The van der Waals surface area contributed by atoms with E-state index < -0.39 is 12.5 Å². The molecule has 0 bridgehead atoms. The fourth-order valence-electron chi connectivity index (χ4n) is 1.50. The van der Waals surface area contributed by atoms with Crippen molar-refractivity contribution in [2.24, 2.45) is 0 Å². The SMILES string of the molecule is Cc1c(Cl)cccc1NC(=O)c1ccn(C(F)F)n1. The van der Waals surface area contributed by atoms with Crippen LogP contribution < -0.4 is 5.32 Å². The number of halogens is 3. The van der Waals surface area contributed by atoms with Gasteiger partial charge < -0.3 is 5.32 Å². The van der Waals surface area contributed by atoms with Crippen LogP contribution in [0, 0.1) is 6.92 Å². The minimum atomic E-state index is -2.77. The second-order valence-corrected chi connectivity index (χ2v) is 4.23. The lowest BCUT2D eigenvalue weighted by molar-refractivity contribution is 0.0561. The van der Waals surface area contributed by atoms with Gasteiger partial charge in [-0.3, -0.25) is 4.79 Å². The molecule has 1 aromatic carbocycles. The van der Waals surface area contributed by atoms with E-state index in [-0.39, 0.29) is 5.69 Å². The molecule has 0 aliphatic heterocycles. The molecule has 1 amide bonds. The van der Waals surface area contributed by atoms with Gasteiger partial charge in [-0.15, -0.1) is 0 Å². The number of aromatic nitrogens is 2. The van der Waals surface area contributed by atoms with Crippen molar-refractivity contribution in [1.29, 1.82) is 0 Å². The molecule has 0 unspecified atom stereocenters. The number of carbonyl (C=O) groups is 1. The first kappa shape index (κ1) is 13.5. The van der Waals surface area contributed by atoms with Gasteiger partial charge in [0.25, 0.3) is 5.91 Å². The van der Waals surface area contributed by atoms with E-state index in [0.717, 1.165) is 6.20 Å². The summed E-state index contributed by atoms with van der Waals surface area (Å²) in [5, 5.41) is 6.57. The molecule has 2 aromatic rings. The molecule has 1 aromatic heterocycles. The van der Waals surface area contributed by atoms with Gasteiger partial charge in [0.05, 0.1) is 0 Å². The van der Waals surface area contributed by atoms with E-state index in [1.807, 2.05) is 0 Å². The first-order valence-corrected chi connectivity index (χ1v) is 5.76. The number of nitrogens with one attached hydrogen (secondary N) is 1. The Morgan fingerprint density at radius 2 is 2.16 bits per heavy atom. The first-order valence-electron chi connectivity index (χ1n) is 5.39. The third kappa shape index (κ3) is 2.90. The van der Waals surface area contributed by atoms with Crippen molar-refractivity contribution in [2.45, 2.75) is 13.5 Å². The van der Waals surface area contributed by atoms with Crippen LogP contribution in [0.1, 0.15) is 22.6 Å². The van der Waals surface area contributed by atoms with Gasteiger partial charge >= 0.3 is 6.55 Å². The highest BCUT2D eigenvalue weighted by atomic mass is 35.5. The molecule has 7 heteroatoms. The van der Waals surface area contributed by atoms with E-state index in [0.29, 0.717) is 21.0 Å². The van der Waals surface area contributed by atoms with E-state index in [9.17, 15) is 13.6 Å². The summed E-state index contributed by atoms with van der Waals surface area (Å²) in [6.07, 6.45) is 1.05. The van der Waals surface area contributed by atoms with E-state index in [2.05, 4.69) is 10.4 Å². The Labute approximate surface area is 113 Å². The van der Waals surface area contributed by atoms with Crippen LogP contribution in [0.3, 0.4) is 0 Å². The zero-order chi connectivity index (χ0) is 14.0. The maximum Gasteiger partial charge on any atom is 0.333 e. The van der Waals surface area contributed by atoms with Crippen molar-refractivity contribution < 1.29 is 13.6 Å². The van der Waals surface area contributed by atoms with Crippen molar-refractivity contribution >= 4 is 23.2 Å². The molecule has 0 fully saturated rings. The highest BCUT2D eigenvalue weighted by molar-refractivity contribution is 6.31. The van der Waals surface area contributed by atoms with Crippen molar-refractivity contribution in [3.8, 4) is 0 Å². The molecule has 4 nitrogen and oxygen atoms in total. The number of amides is 1. The Morgan fingerprint density at radius 1 is 1.42 bits per heavy atom. The normalized spacial score (nSPS) is 10.8. The third-order valence-corrected chi connectivity index (χ3v) is 2.97. The van der Waals surface area contributed by atoms with Gasteiger partial charge in [0.15, 0.2) is 5.69 Å². The number of rotatable bonds is 3. The summed E-state index contributed by atoms with van der Waals surface area (Å²) in [5.74, 6) is -0.565. The van der Waals surface area contributed by atoms with Crippen LogP contribution in [0.25, 0.3) is 0 Å². The molecule has 19 heavy (non-hydrogen) atoms. The average molecular weight is 286 g/mol. The summed E-state index contributed by atoms with van der Waals surface area (Å²) in [5.41, 5.74) is 1.13. The highest BCUT2D eigenvalue weighted by Gasteiger charge is 2.14. The standard InChI is InChI=1S/C12H10ClF2N3O/c1-7-8(13)3-2-4-9(7)16-11(19)10-5-6-18(17-10)12(14)15/h2-6,12H,1H3,(H,16,19). The monoisotopic (exact) mass is 285 g/mol. The summed E-state index contributed by atoms with van der Waals surface area (Å²) in [6, 6.07) is 6.27. The second-order valence-electron chi connectivity index (χ2n) is 3.83. The van der Waals surface area contributed by atoms with Crippen molar-refractivity contribution in [1.82, 2.24) is 9.78 Å². The van der Waals surface area contributed by atoms with Crippen molar-refractivity contribution in [3.05, 3.63) is 46.7 Å². The predicted octanol–water partition coefficient (Wildman–Crippen LogP) is 3.49. The molecular weight excluding hydrogens is 276 g/mol. The van der Waals surface area contributed by atoms with Gasteiger partial charge in [-0.25, -0.2) is 4.68 Å². The molecule has 2 rings (SSSR count). The molecule has 0 spiro atoms. The van der Waals surface area contributed by atoms with Crippen LogP contribution in [-0.4, -0.2) is 15.7 Å². The summed E-state index contributed by atoms with van der Waals surface area (Å²) >= 11 is 5.92. The van der Waals surface area contributed by atoms with Gasteiger partial charge in [0.1, 0.15) is 0 Å². The topological polar surface area (TPSA) is 46.9 Å². The van der Waals surface area contributed by atoms with Crippen LogP contribution in [-0.2, 0) is 0 Å². The van der Waals surface area contributed by atoms with Crippen molar-refractivity contribution in [3.63, 3.8) is 0 Å². The fourth-order valence-corrected chi connectivity index (χ4v) is 1.67. The molecule has 0 aliphatic rings. The van der Waals surface area contributed by atoms with Crippen LogP contribution in [0.5, 0.6) is 0 Å². The highest BCUT2D eigenvalue weighted by Crippen LogP contribution is 2.23. The number of carbonyl (C=O) groups excluding carboxylic acids is 1. The minimum absolute atomic E-state index is 0.0836. The maximum absolute atomic E-state index is 12.3. The lowest BCUT2D eigenvalue weighted by Gasteiger charge is -2.08. The van der Waals surface area contributed by atoms with Gasteiger partial charge in [0, 0.05) is 16.9 Å². The predicted molar refractivity (Wildman–Crippen MR) is 67.6 cm³/mol. The molecule has 1 N–H and O–H groups in total. The zero-order valence-electron chi connectivity index (χ0n) is 9.90. The Kier molecular flexibility index (Phi) is 3.80. The van der Waals surface area contributed by atoms with Gasteiger partial charge in [-0.2, -0.15) is 13.9 Å². The zero-order valence-corrected chi connectivity index (χ0v) is 10.7. The summed E-state index contributed by atoms with van der Waals surface area (Å²) in [6.45, 7) is -1.02. The number of hydrogen-bond acceptors (Lipinski definition) is 2. The quantitative estimate of drug-likeness (QED) is 0.938. The number of nitrogens with zero attached hydrogens (tertiary/aromatic N) is 2. The molecule has 0 aliphatic carbocycles. The number of benzene rings is 1. The number of hydrogen-bond donors (Lipinski definition) is 1. The Balaban J connectivity index is 2.18. The lowest BCUT2D eigenvalue weighted by atomic mass is 10.2. The Hall–Kier alpha value is -1.95. The lowest BCUT2D eigenvalue weighted by Crippen LogP contribution is -2.14. The van der Waals surface area contributed by atoms with E-state index in [1.54, 1.807) is 25.1 Å². The number of alkyl halides is 2. The van der Waals surface area contributed by atoms with E-state index in [1.165, 1.54) is 6.07 Å². The first-order chi connectivity index (χ1) is 8.99. The molecule has 0 radical (unpaired) electrons. The molecule has 1 heterocycles. The Morgan fingerprint density at radius 3 is 2.79 bits per heavy atom. The Bertz CT molecular complexity index is 613. The van der Waals surface area contributed by atoms with Gasteiger partial charge in [0.2, 0.25) is 0 Å². The summed E-state index contributed by atoms with van der Waals surface area (Å²) in [7, 11) is 0. The van der Waals surface area contributed by atoms with Crippen LogP contribution in [0.15, 0.2) is 30.5 Å². The van der Waals surface area contributed by atoms with Gasteiger partial charge in [-0.1, -0.05) is 17.7 Å². The maximum atomic E-state index is 12.3. The second kappa shape index (κ2) is 5.36. The molecule has 0 saturated heterocycles. The fraction of sp³-hybridized carbons (Fsp3) is 0.167. The van der Waals surface area contributed by atoms with E-state index >= 15 is 0 Å². The largest absolute Gasteiger partial charge is 0.333 e. The third-order valence-electron chi connectivity index (χ3n) is 2.56. The molecule has 0 saturated carbocycles. The van der Waals surface area contributed by atoms with Crippen LogP contribution in [0.4, 0.5) is 14.5 Å². The average Bonchev–Trinajstić information content (AvgIpc) is 2.84. The number of anilines is 1. The molecule has 0 atom stereocenters. The smallest absolute Gasteiger partial charge is 0.320 e. The van der Waals surface area contributed by atoms with Crippen molar-refractivity contribution in [2.75, 3.05) is 5.32 Å². The van der Waals surface area contributed by atoms with Gasteiger partial charge in [-0.05, 0) is 30.7 Å². The molecule has 100 valence electrons. The summed E-state index contributed by atoms with van der Waals surface area (Å²) < 4.78 is 25.1. The molecular formula is C12H10ClF2N3O.